The van der Waals surface area contributed by atoms with Gasteiger partial charge in [-0.25, -0.2) is 4.79 Å². The monoisotopic (exact) mass is 242 g/mol. The van der Waals surface area contributed by atoms with Crippen molar-refractivity contribution in [2.24, 2.45) is 0 Å². The fourth-order valence-electron chi connectivity index (χ4n) is 0.945. The van der Waals surface area contributed by atoms with Crippen LogP contribution in [0, 0.1) is 12.3 Å². The van der Waals surface area contributed by atoms with Crippen molar-refractivity contribution in [3.05, 3.63) is 0 Å². The van der Waals surface area contributed by atoms with Crippen molar-refractivity contribution in [2.45, 2.75) is 6.92 Å². The zero-order chi connectivity index (χ0) is 13.3. The Morgan fingerprint density at radius 1 is 1.47 bits per heavy atom. The first-order valence-electron chi connectivity index (χ1n) is 4.84. The van der Waals surface area contributed by atoms with Crippen molar-refractivity contribution in [1.82, 2.24) is 10.2 Å². The molecule has 7 nitrogen and oxygen atoms in total. The number of nitrogens with one attached hydrogen (secondary N) is 1. The highest BCUT2D eigenvalue weighted by molar-refractivity contribution is 5.83. The van der Waals surface area contributed by atoms with Crippen LogP contribution in [-0.4, -0.2) is 54.2 Å². The smallest absolute Gasteiger partial charge is 0.325 e. The normalized spacial score (nSPS) is 8.94. The number of rotatable bonds is 6. The van der Waals surface area contributed by atoms with Gasteiger partial charge in [-0.2, -0.15) is 0 Å². The average molecular weight is 242 g/mol. The molecule has 94 valence electrons. The molecule has 0 bridgehead atoms. The first kappa shape index (κ1) is 14.8. The van der Waals surface area contributed by atoms with Crippen LogP contribution in [0.4, 0.5) is 4.79 Å². The first-order chi connectivity index (χ1) is 8.01. The number of carboxylic acid groups (broad SMARTS) is 1. The third kappa shape index (κ3) is 6.78. The van der Waals surface area contributed by atoms with Gasteiger partial charge in [0, 0.05) is 0 Å². The second-order valence-corrected chi connectivity index (χ2v) is 2.92. The minimum atomic E-state index is -1.19. The van der Waals surface area contributed by atoms with E-state index in [1.54, 1.807) is 6.92 Å². The highest BCUT2D eigenvalue weighted by Crippen LogP contribution is 1.89. The summed E-state index contributed by atoms with van der Waals surface area (Å²) in [4.78, 5) is 33.7. The van der Waals surface area contributed by atoms with E-state index in [1.807, 2.05) is 0 Å². The molecule has 0 fully saturated rings. The van der Waals surface area contributed by atoms with Gasteiger partial charge in [0.05, 0.1) is 13.2 Å². The van der Waals surface area contributed by atoms with Crippen LogP contribution in [0.2, 0.25) is 0 Å². The lowest BCUT2D eigenvalue weighted by atomic mass is 10.5. The standard InChI is InChI=1S/C10H14N2O5/c1-3-5-12(7-8(13)14)10(16)11-6-9(15)17-4-2/h1H,4-7H2,2H3,(H,11,16)(H,13,14). The fourth-order valence-corrected chi connectivity index (χ4v) is 0.945. The highest BCUT2D eigenvalue weighted by Gasteiger charge is 2.16. The summed E-state index contributed by atoms with van der Waals surface area (Å²) in [5, 5.41) is 10.8. The first-order valence-corrected chi connectivity index (χ1v) is 4.84. The van der Waals surface area contributed by atoms with Crippen LogP contribution in [-0.2, 0) is 14.3 Å². The molecule has 17 heavy (non-hydrogen) atoms. The van der Waals surface area contributed by atoms with Gasteiger partial charge >= 0.3 is 18.0 Å². The highest BCUT2D eigenvalue weighted by atomic mass is 16.5. The number of carboxylic acids is 1. The lowest BCUT2D eigenvalue weighted by Crippen LogP contribution is -2.44. The molecule has 0 aromatic rings. The molecule has 0 aliphatic rings. The number of carbonyl (C=O) groups is 3. The summed E-state index contributed by atoms with van der Waals surface area (Å²) in [6.07, 6.45) is 4.99. The summed E-state index contributed by atoms with van der Waals surface area (Å²) in [7, 11) is 0. The molecule has 0 radical (unpaired) electrons. The van der Waals surface area contributed by atoms with Gasteiger partial charge in [0.25, 0.3) is 0 Å². The topological polar surface area (TPSA) is 95.9 Å². The Labute approximate surface area is 98.7 Å². The van der Waals surface area contributed by atoms with E-state index in [0.717, 1.165) is 4.90 Å². The Hall–Kier alpha value is -2.23. The molecule has 0 spiro atoms. The van der Waals surface area contributed by atoms with Crippen LogP contribution in [0.5, 0.6) is 0 Å². The predicted octanol–water partition coefficient (Wildman–Crippen LogP) is -0.721. The van der Waals surface area contributed by atoms with E-state index in [9.17, 15) is 14.4 Å². The van der Waals surface area contributed by atoms with E-state index in [2.05, 4.69) is 16.0 Å². The van der Waals surface area contributed by atoms with Gasteiger partial charge < -0.3 is 20.1 Å². The van der Waals surface area contributed by atoms with Crippen molar-refractivity contribution in [1.29, 1.82) is 0 Å². The van der Waals surface area contributed by atoms with Crippen molar-refractivity contribution >= 4 is 18.0 Å². The molecule has 0 heterocycles. The van der Waals surface area contributed by atoms with Crippen LogP contribution in [0.25, 0.3) is 0 Å². The number of hydrogen-bond acceptors (Lipinski definition) is 4. The molecule has 0 aliphatic heterocycles. The molecule has 0 rings (SSSR count). The summed E-state index contributed by atoms with van der Waals surface area (Å²) in [6, 6.07) is -0.724. The molecule has 0 aromatic heterocycles. The molecular formula is C10H14N2O5. The minimum absolute atomic E-state index is 0.152. The Balaban J connectivity index is 4.19. The zero-order valence-corrected chi connectivity index (χ0v) is 9.43. The van der Waals surface area contributed by atoms with Gasteiger partial charge in [-0.05, 0) is 6.92 Å². The average Bonchev–Trinajstić information content (AvgIpc) is 2.25. The Morgan fingerprint density at radius 2 is 2.12 bits per heavy atom. The number of carbonyl (C=O) groups excluding carboxylic acids is 2. The van der Waals surface area contributed by atoms with Crippen LogP contribution >= 0.6 is 0 Å². The second-order valence-electron chi connectivity index (χ2n) is 2.92. The summed E-state index contributed by atoms with van der Waals surface area (Å²) in [5.41, 5.74) is 0. The molecule has 0 aliphatic carbocycles. The van der Waals surface area contributed by atoms with Crippen molar-refractivity contribution < 1.29 is 24.2 Å². The van der Waals surface area contributed by atoms with Gasteiger partial charge in [-0.1, -0.05) is 5.92 Å². The molecule has 2 N–H and O–H groups in total. The lowest BCUT2D eigenvalue weighted by Gasteiger charge is -2.18. The van der Waals surface area contributed by atoms with Crippen LogP contribution in [0.1, 0.15) is 6.92 Å². The Kier molecular flexibility index (Phi) is 6.94. The largest absolute Gasteiger partial charge is 0.480 e. The van der Waals surface area contributed by atoms with Crippen molar-refractivity contribution in [2.75, 3.05) is 26.2 Å². The van der Waals surface area contributed by atoms with Gasteiger partial charge in [0.2, 0.25) is 0 Å². The molecule has 0 unspecified atom stereocenters. The van der Waals surface area contributed by atoms with E-state index in [0.29, 0.717) is 0 Å². The van der Waals surface area contributed by atoms with Crippen molar-refractivity contribution in [3.8, 4) is 12.3 Å². The third-order valence-electron chi connectivity index (χ3n) is 1.58. The number of nitrogens with zero attached hydrogens (tertiary/aromatic N) is 1. The maximum atomic E-state index is 11.4. The van der Waals surface area contributed by atoms with E-state index in [1.165, 1.54) is 0 Å². The van der Waals surface area contributed by atoms with Crippen LogP contribution in [0.15, 0.2) is 0 Å². The molecule has 2 amide bonds. The number of amides is 2. The fraction of sp³-hybridized carbons (Fsp3) is 0.500. The molecule has 0 saturated carbocycles. The maximum absolute atomic E-state index is 11.4. The number of ether oxygens (including phenoxy) is 1. The van der Waals surface area contributed by atoms with E-state index in [-0.39, 0.29) is 19.7 Å². The number of esters is 1. The van der Waals surface area contributed by atoms with Gasteiger partial charge in [-0.3, -0.25) is 9.59 Å². The third-order valence-corrected chi connectivity index (χ3v) is 1.58. The minimum Gasteiger partial charge on any atom is -0.480 e. The number of urea groups is 1. The summed E-state index contributed by atoms with van der Waals surface area (Å²) < 4.78 is 4.58. The van der Waals surface area contributed by atoms with Crippen LogP contribution < -0.4 is 5.32 Å². The molecule has 0 aromatic carbocycles. The summed E-state index contributed by atoms with van der Waals surface area (Å²) in [6.45, 7) is 0.833. The number of hydrogen-bond donors (Lipinski definition) is 2. The number of terminal acetylenes is 1. The summed E-state index contributed by atoms with van der Waals surface area (Å²) >= 11 is 0. The Morgan fingerprint density at radius 3 is 2.59 bits per heavy atom. The van der Waals surface area contributed by atoms with Gasteiger partial charge in [0.15, 0.2) is 0 Å². The number of aliphatic carboxylic acids is 1. The maximum Gasteiger partial charge on any atom is 0.325 e. The second kappa shape index (κ2) is 7.98. The van der Waals surface area contributed by atoms with E-state index < -0.39 is 24.5 Å². The van der Waals surface area contributed by atoms with Gasteiger partial charge in [-0.15, -0.1) is 6.42 Å². The van der Waals surface area contributed by atoms with Crippen LogP contribution in [0.3, 0.4) is 0 Å². The van der Waals surface area contributed by atoms with Gasteiger partial charge in [0.1, 0.15) is 13.1 Å². The molecule has 0 atom stereocenters. The van der Waals surface area contributed by atoms with E-state index >= 15 is 0 Å². The predicted molar refractivity (Wildman–Crippen MR) is 58.1 cm³/mol. The Bertz CT molecular complexity index is 334. The lowest BCUT2D eigenvalue weighted by molar-refractivity contribution is -0.141. The van der Waals surface area contributed by atoms with Crippen molar-refractivity contribution in [3.63, 3.8) is 0 Å². The molecule has 0 saturated heterocycles. The zero-order valence-electron chi connectivity index (χ0n) is 9.43. The SMILES string of the molecule is C#CCN(CC(=O)O)C(=O)NCC(=O)OCC. The molecular weight excluding hydrogens is 228 g/mol. The van der Waals surface area contributed by atoms with E-state index in [4.69, 9.17) is 11.5 Å². The molecule has 7 heteroatoms. The quantitative estimate of drug-likeness (QED) is 0.473. The summed E-state index contributed by atoms with van der Waals surface area (Å²) in [5.74, 6) is 0.364.